The zero-order valence-electron chi connectivity index (χ0n) is 9.94. The second kappa shape index (κ2) is 5.69. The topological polar surface area (TPSA) is 9.23 Å². The second-order valence-corrected chi connectivity index (χ2v) is 6.77. The van der Waals surface area contributed by atoms with Gasteiger partial charge in [-0.25, -0.2) is 0 Å². The number of hydrogen-bond donors (Lipinski definition) is 0. The second-order valence-electron chi connectivity index (χ2n) is 4.22. The highest BCUT2D eigenvalue weighted by Crippen LogP contribution is 2.24. The van der Waals surface area contributed by atoms with Crippen LogP contribution < -0.4 is 4.74 Å². The van der Waals surface area contributed by atoms with Gasteiger partial charge in [0.05, 0.1) is 3.79 Å². The molecule has 0 aliphatic heterocycles. The lowest BCUT2D eigenvalue weighted by Gasteiger charge is -2.08. The average Bonchev–Trinajstić information content (AvgIpc) is 2.73. The highest BCUT2D eigenvalue weighted by Gasteiger charge is 2.01. The molecular formula is C14H15BrOS. The van der Waals surface area contributed by atoms with Crippen molar-refractivity contribution in [3.05, 3.63) is 50.6 Å². The molecule has 1 aromatic carbocycles. The summed E-state index contributed by atoms with van der Waals surface area (Å²) in [5.41, 5.74) is 1.34. The Morgan fingerprint density at radius 1 is 1.12 bits per heavy atom. The summed E-state index contributed by atoms with van der Waals surface area (Å²) in [6.45, 7) is 5.02. The Morgan fingerprint density at radius 2 is 1.82 bits per heavy atom. The molecule has 1 aromatic heterocycles. The number of hydrogen-bond acceptors (Lipinski definition) is 2. The molecular weight excluding hydrogens is 296 g/mol. The van der Waals surface area contributed by atoms with Crippen LogP contribution in [0.25, 0.3) is 0 Å². The van der Waals surface area contributed by atoms with Crippen molar-refractivity contribution >= 4 is 27.3 Å². The maximum Gasteiger partial charge on any atom is 0.122 e. The number of thiophene rings is 1. The normalized spacial score (nSPS) is 10.8. The zero-order chi connectivity index (χ0) is 12.3. The summed E-state index contributed by atoms with van der Waals surface area (Å²) >= 11 is 5.15. The molecule has 0 N–H and O–H groups in total. The Labute approximate surface area is 115 Å². The quantitative estimate of drug-likeness (QED) is 0.753. The van der Waals surface area contributed by atoms with E-state index < -0.39 is 0 Å². The fourth-order valence-electron chi connectivity index (χ4n) is 1.53. The minimum Gasteiger partial charge on any atom is -0.488 e. The van der Waals surface area contributed by atoms with E-state index in [1.807, 2.05) is 18.2 Å². The van der Waals surface area contributed by atoms with Crippen molar-refractivity contribution in [3.8, 4) is 5.75 Å². The lowest BCUT2D eigenvalue weighted by Crippen LogP contribution is -1.93. The van der Waals surface area contributed by atoms with E-state index in [2.05, 4.69) is 48.0 Å². The van der Waals surface area contributed by atoms with E-state index in [1.54, 1.807) is 11.3 Å². The van der Waals surface area contributed by atoms with Gasteiger partial charge < -0.3 is 4.74 Å². The van der Waals surface area contributed by atoms with Crippen molar-refractivity contribution in [1.29, 1.82) is 0 Å². The van der Waals surface area contributed by atoms with Crippen molar-refractivity contribution < 1.29 is 4.74 Å². The van der Waals surface area contributed by atoms with E-state index in [0.717, 1.165) is 9.54 Å². The summed E-state index contributed by atoms with van der Waals surface area (Å²) in [6.07, 6.45) is 0. The summed E-state index contributed by atoms with van der Waals surface area (Å²) in [6, 6.07) is 12.5. The molecule has 2 aromatic rings. The standard InChI is InChI=1S/C14H15BrOS/c1-10(2)11-3-5-12(6-4-11)16-9-13-7-8-14(15)17-13/h3-8,10H,9H2,1-2H3. The third-order valence-electron chi connectivity index (χ3n) is 2.56. The fraction of sp³-hybridized carbons (Fsp3) is 0.286. The van der Waals surface area contributed by atoms with Gasteiger partial charge in [0.2, 0.25) is 0 Å². The first-order chi connectivity index (χ1) is 8.15. The maximum absolute atomic E-state index is 5.73. The summed E-state index contributed by atoms with van der Waals surface area (Å²) in [4.78, 5) is 1.23. The van der Waals surface area contributed by atoms with Crippen LogP contribution in [0.1, 0.15) is 30.2 Å². The van der Waals surface area contributed by atoms with Crippen molar-refractivity contribution in [2.45, 2.75) is 26.4 Å². The minimum atomic E-state index is 0.567. The first kappa shape index (κ1) is 12.7. The van der Waals surface area contributed by atoms with Crippen molar-refractivity contribution in [1.82, 2.24) is 0 Å². The van der Waals surface area contributed by atoms with Gasteiger partial charge in [-0.15, -0.1) is 11.3 Å². The van der Waals surface area contributed by atoms with Gasteiger partial charge in [-0.1, -0.05) is 26.0 Å². The van der Waals surface area contributed by atoms with Gasteiger partial charge in [0.25, 0.3) is 0 Å². The molecule has 1 nitrogen and oxygen atoms in total. The highest BCUT2D eigenvalue weighted by molar-refractivity contribution is 9.11. The maximum atomic E-state index is 5.73. The monoisotopic (exact) mass is 310 g/mol. The van der Waals surface area contributed by atoms with Crippen LogP contribution in [0.4, 0.5) is 0 Å². The molecule has 3 heteroatoms. The third kappa shape index (κ3) is 3.58. The number of halogens is 1. The van der Waals surface area contributed by atoms with Crippen LogP contribution in [0.5, 0.6) is 5.75 Å². The number of rotatable bonds is 4. The predicted octanol–water partition coefficient (Wildman–Crippen LogP) is 5.21. The first-order valence-corrected chi connectivity index (χ1v) is 7.23. The van der Waals surface area contributed by atoms with E-state index in [0.29, 0.717) is 12.5 Å². The molecule has 17 heavy (non-hydrogen) atoms. The largest absolute Gasteiger partial charge is 0.488 e. The van der Waals surface area contributed by atoms with Crippen LogP contribution >= 0.6 is 27.3 Å². The Balaban J connectivity index is 1.95. The molecule has 0 unspecified atom stereocenters. The molecule has 0 aliphatic carbocycles. The zero-order valence-corrected chi connectivity index (χ0v) is 12.3. The molecule has 0 aliphatic rings. The Kier molecular flexibility index (Phi) is 4.24. The molecule has 0 spiro atoms. The van der Waals surface area contributed by atoms with Crippen LogP contribution in [0, 0.1) is 0 Å². The van der Waals surface area contributed by atoms with E-state index in [9.17, 15) is 0 Å². The third-order valence-corrected chi connectivity index (χ3v) is 4.15. The Bertz CT molecular complexity index is 473. The number of ether oxygens (including phenoxy) is 1. The summed E-state index contributed by atoms with van der Waals surface area (Å²) in [5.74, 6) is 1.50. The average molecular weight is 311 g/mol. The molecule has 0 atom stereocenters. The fourth-order valence-corrected chi connectivity index (χ4v) is 2.93. The lowest BCUT2D eigenvalue weighted by molar-refractivity contribution is 0.309. The molecule has 0 saturated carbocycles. The van der Waals surface area contributed by atoms with Gasteiger partial charge >= 0.3 is 0 Å². The van der Waals surface area contributed by atoms with Gasteiger partial charge in [0.15, 0.2) is 0 Å². The minimum absolute atomic E-state index is 0.567. The summed E-state index contributed by atoms with van der Waals surface area (Å²) in [5, 5.41) is 0. The summed E-state index contributed by atoms with van der Waals surface area (Å²) in [7, 11) is 0. The molecule has 0 radical (unpaired) electrons. The van der Waals surface area contributed by atoms with Crippen LogP contribution in [-0.4, -0.2) is 0 Å². The van der Waals surface area contributed by atoms with E-state index in [1.165, 1.54) is 10.4 Å². The van der Waals surface area contributed by atoms with Gasteiger partial charge in [-0.05, 0) is 51.7 Å². The highest BCUT2D eigenvalue weighted by atomic mass is 79.9. The molecule has 1 heterocycles. The molecule has 0 amide bonds. The molecule has 2 rings (SSSR count). The molecule has 0 bridgehead atoms. The first-order valence-electron chi connectivity index (χ1n) is 5.62. The van der Waals surface area contributed by atoms with E-state index in [-0.39, 0.29) is 0 Å². The van der Waals surface area contributed by atoms with Crippen LogP contribution in [0.3, 0.4) is 0 Å². The van der Waals surface area contributed by atoms with Crippen LogP contribution in [0.15, 0.2) is 40.2 Å². The van der Waals surface area contributed by atoms with Gasteiger partial charge in [0.1, 0.15) is 12.4 Å². The van der Waals surface area contributed by atoms with Crippen molar-refractivity contribution in [3.63, 3.8) is 0 Å². The smallest absolute Gasteiger partial charge is 0.122 e. The van der Waals surface area contributed by atoms with Crippen LogP contribution in [-0.2, 0) is 6.61 Å². The van der Waals surface area contributed by atoms with Crippen molar-refractivity contribution in [2.24, 2.45) is 0 Å². The Morgan fingerprint density at radius 3 is 2.35 bits per heavy atom. The molecule has 0 fully saturated rings. The molecule has 90 valence electrons. The van der Waals surface area contributed by atoms with E-state index in [4.69, 9.17) is 4.74 Å². The van der Waals surface area contributed by atoms with Crippen molar-refractivity contribution in [2.75, 3.05) is 0 Å². The van der Waals surface area contributed by atoms with Gasteiger partial charge in [-0.3, -0.25) is 0 Å². The SMILES string of the molecule is CC(C)c1ccc(OCc2ccc(Br)s2)cc1. The number of benzene rings is 1. The molecule has 0 saturated heterocycles. The Hall–Kier alpha value is -0.800. The lowest BCUT2D eigenvalue weighted by atomic mass is 10.0. The predicted molar refractivity (Wildman–Crippen MR) is 76.9 cm³/mol. The van der Waals surface area contributed by atoms with Crippen LogP contribution in [0.2, 0.25) is 0 Å². The summed E-state index contributed by atoms with van der Waals surface area (Å²) < 4.78 is 6.87. The van der Waals surface area contributed by atoms with E-state index >= 15 is 0 Å². The van der Waals surface area contributed by atoms with Gasteiger partial charge in [-0.2, -0.15) is 0 Å². The van der Waals surface area contributed by atoms with Gasteiger partial charge in [0, 0.05) is 4.88 Å².